The molecule has 1 aromatic heterocycles. The number of nitrogens with zero attached hydrogens (tertiary/aromatic N) is 1. The summed E-state index contributed by atoms with van der Waals surface area (Å²) in [6, 6.07) is 10.5. The molecular weight excluding hydrogens is 332 g/mol. The number of pyridine rings is 1. The van der Waals surface area contributed by atoms with Crippen LogP contribution in [0.25, 0.3) is 0 Å². The molecule has 0 saturated heterocycles. The van der Waals surface area contributed by atoms with Crippen molar-refractivity contribution in [1.29, 1.82) is 0 Å². The molecule has 1 heterocycles. The van der Waals surface area contributed by atoms with Gasteiger partial charge in [0.15, 0.2) is 0 Å². The third-order valence-electron chi connectivity index (χ3n) is 3.68. The van der Waals surface area contributed by atoms with E-state index in [1.807, 2.05) is 24.3 Å². The average Bonchev–Trinajstić information content (AvgIpc) is 2.51. The second kappa shape index (κ2) is 5.95. The fourth-order valence-electron chi connectivity index (χ4n) is 2.60. The molecule has 2 aromatic rings. The molecule has 3 rings (SSSR count). The highest BCUT2D eigenvalue weighted by Gasteiger charge is 2.31. The van der Waals surface area contributed by atoms with E-state index >= 15 is 0 Å². The first kappa shape index (κ1) is 14.2. The summed E-state index contributed by atoms with van der Waals surface area (Å²) in [7, 11) is 0. The predicted octanol–water partition coefficient (Wildman–Crippen LogP) is 2.62. The van der Waals surface area contributed by atoms with Gasteiger partial charge in [-0.2, -0.15) is 0 Å². The highest BCUT2D eigenvalue weighted by molar-refractivity contribution is 9.10. The number of hydrogen-bond acceptors (Lipinski definition) is 3. The van der Waals surface area contributed by atoms with E-state index in [1.165, 1.54) is 0 Å². The Morgan fingerprint density at radius 2 is 2.10 bits per heavy atom. The fraction of sp³-hybridized carbons (Fsp3) is 0.250. The van der Waals surface area contributed by atoms with Crippen molar-refractivity contribution in [3.8, 4) is 0 Å². The molecule has 1 amide bonds. The number of carbonyl (C=O) groups is 1. The zero-order chi connectivity index (χ0) is 14.8. The van der Waals surface area contributed by atoms with Gasteiger partial charge in [-0.25, -0.2) is 0 Å². The molecule has 0 radical (unpaired) electrons. The van der Waals surface area contributed by atoms with Crippen LogP contribution in [-0.2, 0) is 6.42 Å². The van der Waals surface area contributed by atoms with E-state index in [0.717, 1.165) is 22.2 Å². The van der Waals surface area contributed by atoms with E-state index < -0.39 is 12.1 Å². The van der Waals surface area contributed by atoms with Crippen molar-refractivity contribution in [3.63, 3.8) is 0 Å². The molecule has 0 unspecified atom stereocenters. The van der Waals surface area contributed by atoms with Gasteiger partial charge in [0.1, 0.15) is 0 Å². The third-order valence-corrected chi connectivity index (χ3v) is 4.11. The van der Waals surface area contributed by atoms with Crippen LogP contribution in [0, 0.1) is 0 Å². The van der Waals surface area contributed by atoms with Crippen molar-refractivity contribution in [2.75, 3.05) is 0 Å². The Hall–Kier alpha value is -1.72. The van der Waals surface area contributed by atoms with Crippen molar-refractivity contribution in [2.24, 2.45) is 0 Å². The number of halogens is 1. The van der Waals surface area contributed by atoms with Crippen LogP contribution in [0.3, 0.4) is 0 Å². The van der Waals surface area contributed by atoms with Crippen molar-refractivity contribution in [3.05, 3.63) is 63.9 Å². The molecule has 0 bridgehead atoms. The lowest BCUT2D eigenvalue weighted by Gasteiger charge is -2.30. The number of nitrogens with one attached hydrogen (secondary N) is 1. The second-order valence-corrected chi connectivity index (χ2v) is 6.04. The minimum Gasteiger partial charge on any atom is -0.391 e. The molecule has 0 fully saturated rings. The summed E-state index contributed by atoms with van der Waals surface area (Å²) in [5, 5.41) is 13.1. The SMILES string of the molecule is O=C(N[C@@H]1c2ncc(Br)cc2CC[C@H]1O)c1ccccc1. The summed E-state index contributed by atoms with van der Waals surface area (Å²) in [6.07, 6.45) is 2.46. The van der Waals surface area contributed by atoms with E-state index in [9.17, 15) is 9.90 Å². The number of aromatic nitrogens is 1. The van der Waals surface area contributed by atoms with Gasteiger partial charge in [-0.15, -0.1) is 0 Å². The fourth-order valence-corrected chi connectivity index (χ4v) is 2.98. The molecule has 1 aliphatic rings. The first-order valence-electron chi connectivity index (χ1n) is 6.83. The number of aryl methyl sites for hydroxylation is 1. The number of aliphatic hydroxyl groups excluding tert-OH is 1. The monoisotopic (exact) mass is 346 g/mol. The molecule has 4 nitrogen and oxygen atoms in total. The van der Waals surface area contributed by atoms with Crippen molar-refractivity contribution < 1.29 is 9.90 Å². The average molecular weight is 347 g/mol. The minimum absolute atomic E-state index is 0.197. The van der Waals surface area contributed by atoms with Crippen LogP contribution in [0.15, 0.2) is 47.1 Å². The Morgan fingerprint density at radius 3 is 2.86 bits per heavy atom. The van der Waals surface area contributed by atoms with Crippen molar-refractivity contribution in [1.82, 2.24) is 10.3 Å². The maximum absolute atomic E-state index is 12.3. The second-order valence-electron chi connectivity index (χ2n) is 5.12. The molecular formula is C16H15BrN2O2. The number of fused-ring (bicyclic) bond motifs is 1. The van der Waals surface area contributed by atoms with Crippen LogP contribution in [0.4, 0.5) is 0 Å². The summed E-state index contributed by atoms with van der Waals surface area (Å²) < 4.78 is 0.908. The van der Waals surface area contributed by atoms with Gasteiger partial charge in [-0.3, -0.25) is 9.78 Å². The van der Waals surface area contributed by atoms with Crippen LogP contribution < -0.4 is 5.32 Å². The quantitative estimate of drug-likeness (QED) is 0.878. The van der Waals surface area contributed by atoms with Gasteiger partial charge in [-0.1, -0.05) is 18.2 Å². The van der Waals surface area contributed by atoms with Gasteiger partial charge in [0.05, 0.1) is 17.8 Å². The molecule has 21 heavy (non-hydrogen) atoms. The number of rotatable bonds is 2. The van der Waals surface area contributed by atoms with E-state index in [2.05, 4.69) is 26.2 Å². The lowest BCUT2D eigenvalue weighted by Crippen LogP contribution is -2.40. The standard InChI is InChI=1S/C16H15BrN2O2/c17-12-8-11-6-7-13(20)15(14(11)18-9-12)19-16(21)10-4-2-1-3-5-10/h1-5,8-9,13,15,20H,6-7H2,(H,19,21)/t13-,15+/m1/s1. The largest absolute Gasteiger partial charge is 0.391 e. The molecule has 5 heteroatoms. The lowest BCUT2D eigenvalue weighted by atomic mass is 9.89. The van der Waals surface area contributed by atoms with Gasteiger partial charge in [-0.05, 0) is 52.5 Å². The van der Waals surface area contributed by atoms with Gasteiger partial charge < -0.3 is 10.4 Å². The Bertz CT molecular complexity index is 661. The van der Waals surface area contributed by atoms with Gasteiger partial charge in [0.2, 0.25) is 0 Å². The maximum Gasteiger partial charge on any atom is 0.251 e. The summed E-state index contributed by atoms with van der Waals surface area (Å²) in [6.45, 7) is 0. The highest BCUT2D eigenvalue weighted by Crippen LogP contribution is 2.30. The van der Waals surface area contributed by atoms with Crippen molar-refractivity contribution in [2.45, 2.75) is 25.0 Å². The van der Waals surface area contributed by atoms with E-state index in [1.54, 1.807) is 18.3 Å². The van der Waals surface area contributed by atoms with Crippen LogP contribution in [0.5, 0.6) is 0 Å². The predicted molar refractivity (Wildman–Crippen MR) is 82.9 cm³/mol. The molecule has 0 saturated carbocycles. The molecule has 1 aliphatic carbocycles. The zero-order valence-corrected chi connectivity index (χ0v) is 12.9. The smallest absolute Gasteiger partial charge is 0.251 e. The van der Waals surface area contributed by atoms with E-state index in [0.29, 0.717) is 12.0 Å². The van der Waals surface area contributed by atoms with Crippen LogP contribution in [0.1, 0.15) is 34.1 Å². The Labute approximate surface area is 131 Å². The van der Waals surface area contributed by atoms with Gasteiger partial charge in [0, 0.05) is 16.2 Å². The van der Waals surface area contributed by atoms with E-state index in [4.69, 9.17) is 0 Å². The lowest BCUT2D eigenvalue weighted by molar-refractivity contribution is 0.0783. The number of carbonyl (C=O) groups excluding carboxylic acids is 1. The Kier molecular flexibility index (Phi) is 4.03. The van der Waals surface area contributed by atoms with Gasteiger partial charge >= 0.3 is 0 Å². The summed E-state index contributed by atoms with van der Waals surface area (Å²) in [5.74, 6) is -0.197. The number of aliphatic hydroxyl groups is 1. The molecule has 2 N–H and O–H groups in total. The van der Waals surface area contributed by atoms with Crippen LogP contribution in [-0.4, -0.2) is 22.1 Å². The Morgan fingerprint density at radius 1 is 1.33 bits per heavy atom. The molecule has 1 aromatic carbocycles. The number of hydrogen-bond donors (Lipinski definition) is 2. The molecule has 0 spiro atoms. The van der Waals surface area contributed by atoms with Crippen molar-refractivity contribution >= 4 is 21.8 Å². The number of amides is 1. The molecule has 2 atom stereocenters. The van der Waals surface area contributed by atoms with E-state index in [-0.39, 0.29) is 5.91 Å². The van der Waals surface area contributed by atoms with Gasteiger partial charge in [0.25, 0.3) is 5.91 Å². The highest BCUT2D eigenvalue weighted by atomic mass is 79.9. The first-order chi connectivity index (χ1) is 10.1. The maximum atomic E-state index is 12.3. The number of benzene rings is 1. The summed E-state index contributed by atoms with van der Waals surface area (Å²) in [4.78, 5) is 16.7. The minimum atomic E-state index is -0.612. The first-order valence-corrected chi connectivity index (χ1v) is 7.63. The zero-order valence-electron chi connectivity index (χ0n) is 11.3. The summed E-state index contributed by atoms with van der Waals surface area (Å²) in [5.41, 5.74) is 2.39. The molecule has 108 valence electrons. The topological polar surface area (TPSA) is 62.2 Å². The third kappa shape index (κ3) is 2.99. The molecule has 0 aliphatic heterocycles. The van der Waals surface area contributed by atoms with Crippen LogP contribution in [0.2, 0.25) is 0 Å². The Balaban J connectivity index is 1.87. The summed E-state index contributed by atoms with van der Waals surface area (Å²) >= 11 is 3.40. The van der Waals surface area contributed by atoms with Crippen LogP contribution >= 0.6 is 15.9 Å². The normalized spacial score (nSPS) is 20.7.